The summed E-state index contributed by atoms with van der Waals surface area (Å²) in [5, 5.41) is 0. The number of likely N-dealkylation sites (tertiary alicyclic amines) is 1. The summed E-state index contributed by atoms with van der Waals surface area (Å²) >= 11 is 0. The van der Waals surface area contributed by atoms with Crippen molar-refractivity contribution < 1.29 is 0 Å². The van der Waals surface area contributed by atoms with E-state index in [1.807, 2.05) is 0 Å². The van der Waals surface area contributed by atoms with Crippen molar-refractivity contribution in [3.8, 4) is 0 Å². The van der Waals surface area contributed by atoms with Crippen molar-refractivity contribution in [2.75, 3.05) is 20.1 Å². The highest BCUT2D eigenvalue weighted by Gasteiger charge is 2.13. The van der Waals surface area contributed by atoms with E-state index >= 15 is 0 Å². The van der Waals surface area contributed by atoms with Crippen LogP contribution in [0.2, 0.25) is 0 Å². The first-order valence-corrected chi connectivity index (χ1v) is 2.97. The minimum atomic E-state index is 0.949. The molecule has 1 nitrogen and oxygen atoms in total. The van der Waals surface area contributed by atoms with Gasteiger partial charge in [0.1, 0.15) is 0 Å². The molecule has 0 aromatic heterocycles. The third-order valence-corrected chi connectivity index (χ3v) is 1.63. The maximum Gasteiger partial charge on any atom is 0.000445 e. The lowest BCUT2D eigenvalue weighted by Gasteiger charge is -2.03. The number of hydrogen-bond donors (Lipinski definition) is 0. The van der Waals surface area contributed by atoms with Crippen molar-refractivity contribution in [3.63, 3.8) is 0 Å². The maximum atomic E-state index is 2.38. The van der Waals surface area contributed by atoms with Gasteiger partial charge in [0.25, 0.3) is 0 Å². The van der Waals surface area contributed by atoms with Crippen molar-refractivity contribution in [2.24, 2.45) is 5.92 Å². The molecule has 0 radical (unpaired) electrons. The molecule has 1 fully saturated rings. The molecule has 0 aliphatic carbocycles. The Bertz CT molecular complexity index is 53.2. The van der Waals surface area contributed by atoms with Gasteiger partial charge in [0, 0.05) is 6.54 Å². The zero-order valence-corrected chi connectivity index (χ0v) is 5.15. The zero-order valence-electron chi connectivity index (χ0n) is 5.15. The lowest BCUT2D eigenvalue weighted by Crippen LogP contribution is -2.12. The Balaban J connectivity index is 2.26. The summed E-state index contributed by atoms with van der Waals surface area (Å²) in [4.78, 5) is 2.38. The fourth-order valence-corrected chi connectivity index (χ4v) is 1.16. The van der Waals surface area contributed by atoms with E-state index in [2.05, 4.69) is 18.9 Å². The average molecular weight is 99.2 g/mol. The third-order valence-electron chi connectivity index (χ3n) is 1.63. The summed E-state index contributed by atoms with van der Waals surface area (Å²) < 4.78 is 0. The van der Waals surface area contributed by atoms with Crippen LogP contribution in [0.5, 0.6) is 0 Å². The van der Waals surface area contributed by atoms with Crippen LogP contribution in [0.25, 0.3) is 0 Å². The molecule has 42 valence electrons. The van der Waals surface area contributed by atoms with Crippen LogP contribution < -0.4 is 0 Å². The molecule has 1 aliphatic rings. The van der Waals surface area contributed by atoms with E-state index in [0.717, 1.165) is 5.92 Å². The molecule has 0 unspecified atom stereocenters. The topological polar surface area (TPSA) is 3.24 Å². The van der Waals surface area contributed by atoms with E-state index in [1.165, 1.54) is 19.5 Å². The van der Waals surface area contributed by atoms with Crippen LogP contribution in [0.15, 0.2) is 0 Å². The van der Waals surface area contributed by atoms with Gasteiger partial charge in [0.15, 0.2) is 0 Å². The zero-order chi connectivity index (χ0) is 5.28. The van der Waals surface area contributed by atoms with Crippen molar-refractivity contribution in [2.45, 2.75) is 13.3 Å². The summed E-state index contributed by atoms with van der Waals surface area (Å²) in [5.74, 6) is 0.949. The van der Waals surface area contributed by atoms with E-state index < -0.39 is 0 Å². The molecular weight excluding hydrogens is 86.1 g/mol. The van der Waals surface area contributed by atoms with Crippen molar-refractivity contribution in [1.82, 2.24) is 4.90 Å². The molecule has 0 saturated carbocycles. The van der Waals surface area contributed by atoms with Gasteiger partial charge in [0.2, 0.25) is 0 Å². The number of rotatable bonds is 0. The van der Waals surface area contributed by atoms with E-state index in [1.54, 1.807) is 0 Å². The van der Waals surface area contributed by atoms with Crippen molar-refractivity contribution in [1.29, 1.82) is 0 Å². The van der Waals surface area contributed by atoms with Crippen LogP contribution >= 0.6 is 0 Å². The van der Waals surface area contributed by atoms with E-state index in [4.69, 9.17) is 0 Å². The normalized spacial score (nSPS) is 34.3. The molecule has 1 heterocycles. The van der Waals surface area contributed by atoms with Gasteiger partial charge in [-0.1, -0.05) is 6.92 Å². The first-order valence-electron chi connectivity index (χ1n) is 2.97. The highest BCUT2D eigenvalue weighted by atomic mass is 15.1. The predicted molar refractivity (Wildman–Crippen MR) is 31.3 cm³/mol. The monoisotopic (exact) mass is 99.1 g/mol. The Labute approximate surface area is 45.3 Å². The smallest absolute Gasteiger partial charge is 0.000445 e. The van der Waals surface area contributed by atoms with Crippen LogP contribution in [-0.4, -0.2) is 25.0 Å². The minimum Gasteiger partial charge on any atom is -0.306 e. The summed E-state index contributed by atoms with van der Waals surface area (Å²) in [7, 11) is 2.18. The first kappa shape index (κ1) is 5.10. The molecule has 0 aromatic carbocycles. The van der Waals surface area contributed by atoms with Gasteiger partial charge in [-0.2, -0.15) is 0 Å². The Morgan fingerprint density at radius 3 is 2.43 bits per heavy atom. The van der Waals surface area contributed by atoms with E-state index in [0.29, 0.717) is 0 Å². The first-order chi connectivity index (χ1) is 3.29. The second kappa shape index (κ2) is 1.83. The molecule has 1 heteroatoms. The molecule has 0 spiro atoms. The number of nitrogens with zero attached hydrogens (tertiary/aromatic N) is 1. The van der Waals surface area contributed by atoms with Gasteiger partial charge in [0.05, 0.1) is 0 Å². The van der Waals surface area contributed by atoms with E-state index in [-0.39, 0.29) is 0 Å². The second-order valence-electron chi connectivity index (χ2n) is 2.66. The molecule has 0 N–H and O–H groups in total. The fourth-order valence-electron chi connectivity index (χ4n) is 1.16. The Hall–Kier alpha value is -0.0400. The second-order valence-corrected chi connectivity index (χ2v) is 2.66. The molecular formula is C6H13N. The van der Waals surface area contributed by atoms with Crippen LogP contribution in [0.3, 0.4) is 0 Å². The van der Waals surface area contributed by atoms with Crippen molar-refractivity contribution >= 4 is 0 Å². The summed E-state index contributed by atoms with van der Waals surface area (Å²) in [6, 6.07) is 0. The highest BCUT2D eigenvalue weighted by Crippen LogP contribution is 2.11. The van der Waals surface area contributed by atoms with Gasteiger partial charge in [-0.3, -0.25) is 0 Å². The predicted octanol–water partition coefficient (Wildman–Crippen LogP) is 0.958. The maximum absolute atomic E-state index is 2.38. The summed E-state index contributed by atoms with van der Waals surface area (Å²) in [6.45, 7) is 4.92. The minimum absolute atomic E-state index is 0.949. The SMILES string of the molecule is C[C@H]1CCN(C)C1. The van der Waals surface area contributed by atoms with Crippen LogP contribution in [0.1, 0.15) is 13.3 Å². The molecule has 0 aromatic rings. The average Bonchev–Trinajstić information content (AvgIpc) is 1.87. The summed E-state index contributed by atoms with van der Waals surface area (Å²) in [6.07, 6.45) is 1.40. The highest BCUT2D eigenvalue weighted by molar-refractivity contribution is 4.67. The molecule has 0 amide bonds. The Morgan fingerprint density at radius 1 is 1.57 bits per heavy atom. The quantitative estimate of drug-likeness (QED) is 0.437. The van der Waals surface area contributed by atoms with Gasteiger partial charge < -0.3 is 4.90 Å². The largest absolute Gasteiger partial charge is 0.306 e. The summed E-state index contributed by atoms with van der Waals surface area (Å²) in [5.41, 5.74) is 0. The van der Waals surface area contributed by atoms with Gasteiger partial charge in [-0.05, 0) is 25.9 Å². The molecule has 1 saturated heterocycles. The van der Waals surface area contributed by atoms with Crippen LogP contribution in [0, 0.1) is 5.92 Å². The van der Waals surface area contributed by atoms with Crippen LogP contribution in [0.4, 0.5) is 0 Å². The molecule has 7 heavy (non-hydrogen) atoms. The van der Waals surface area contributed by atoms with Crippen molar-refractivity contribution in [3.05, 3.63) is 0 Å². The van der Waals surface area contributed by atoms with Crippen LogP contribution in [-0.2, 0) is 0 Å². The fraction of sp³-hybridized carbons (Fsp3) is 1.00. The third kappa shape index (κ3) is 1.16. The molecule has 1 rings (SSSR count). The Morgan fingerprint density at radius 2 is 2.29 bits per heavy atom. The van der Waals surface area contributed by atoms with Gasteiger partial charge in [-0.25, -0.2) is 0 Å². The lowest BCUT2D eigenvalue weighted by molar-refractivity contribution is 0.402. The molecule has 0 bridgehead atoms. The van der Waals surface area contributed by atoms with E-state index in [9.17, 15) is 0 Å². The standard InChI is InChI=1S/C6H13N/c1-6-3-4-7(2)5-6/h6H,3-5H2,1-2H3/t6-/m0/s1. The molecule has 1 atom stereocenters. The number of hydrogen-bond acceptors (Lipinski definition) is 1. The lowest BCUT2D eigenvalue weighted by atomic mass is 10.2. The van der Waals surface area contributed by atoms with Gasteiger partial charge in [-0.15, -0.1) is 0 Å². The Kier molecular flexibility index (Phi) is 1.33. The van der Waals surface area contributed by atoms with Gasteiger partial charge >= 0.3 is 0 Å². The molecule has 1 aliphatic heterocycles.